The number of nitrogens with one attached hydrogen (secondary N) is 1. The van der Waals surface area contributed by atoms with Crippen LogP contribution < -0.4 is 0 Å². The van der Waals surface area contributed by atoms with Gasteiger partial charge in [0.15, 0.2) is 5.78 Å². The summed E-state index contributed by atoms with van der Waals surface area (Å²) in [5.41, 5.74) is 3.76. The van der Waals surface area contributed by atoms with Crippen LogP contribution in [0.5, 0.6) is 5.75 Å². The van der Waals surface area contributed by atoms with E-state index in [0.29, 0.717) is 12.1 Å². The Kier molecular flexibility index (Phi) is 9.98. The van der Waals surface area contributed by atoms with Crippen molar-refractivity contribution in [1.29, 1.82) is 5.41 Å². The number of hydrogen-bond donors (Lipinski definition) is 4. The third kappa shape index (κ3) is 8.78. The van der Waals surface area contributed by atoms with E-state index in [1.165, 1.54) is 0 Å². The second-order valence-corrected chi connectivity index (χ2v) is 11.7. The maximum absolute atomic E-state index is 13.3. The number of ether oxygens (including phenoxy) is 1. The van der Waals surface area contributed by atoms with Crippen molar-refractivity contribution in [3.8, 4) is 5.75 Å². The van der Waals surface area contributed by atoms with Gasteiger partial charge in [-0.25, -0.2) is 9.59 Å². The summed E-state index contributed by atoms with van der Waals surface area (Å²) in [4.78, 5) is 34.6. The van der Waals surface area contributed by atoms with Crippen LogP contribution in [0.15, 0.2) is 30.3 Å². The van der Waals surface area contributed by atoms with Gasteiger partial charge in [-0.3, -0.25) is 10.2 Å². The number of aliphatic carboxylic acids is 2. The standard InChI is InChI=1S/C27H34N2O5.C2HF3O2/c1-26(2,3)20-10-18(11-21(24(20)33)27(4,5)6)22(30)13-29-12-17-8-7-16(9-19(17)25(29)28)14-34-15-23(31)32;3-2(4,5)1(6)7/h7-11,28,33H,12-15H2,1-6H3,(H,31,32);(H,6,7). The van der Waals surface area contributed by atoms with E-state index in [9.17, 15) is 27.9 Å². The van der Waals surface area contributed by atoms with E-state index in [4.69, 9.17) is 25.2 Å². The molecular formula is C29H35F3N2O7. The Morgan fingerprint density at radius 1 is 0.951 bits per heavy atom. The van der Waals surface area contributed by atoms with Gasteiger partial charge in [0.25, 0.3) is 0 Å². The highest BCUT2D eigenvalue weighted by molar-refractivity contribution is 6.05. The number of hydrogen-bond acceptors (Lipinski definition) is 6. The van der Waals surface area contributed by atoms with E-state index in [0.717, 1.165) is 27.8 Å². The first-order valence-corrected chi connectivity index (χ1v) is 12.6. The molecule has 1 aliphatic rings. The number of halogens is 3. The molecule has 0 aliphatic carbocycles. The molecule has 224 valence electrons. The number of amidine groups is 1. The Labute approximate surface area is 236 Å². The third-order valence-electron chi connectivity index (χ3n) is 6.23. The van der Waals surface area contributed by atoms with E-state index in [1.807, 2.05) is 59.7 Å². The van der Waals surface area contributed by atoms with Crippen LogP contribution in [-0.2, 0) is 38.3 Å². The number of carboxylic acids is 2. The van der Waals surface area contributed by atoms with Crippen molar-refractivity contribution in [1.82, 2.24) is 4.90 Å². The summed E-state index contributed by atoms with van der Waals surface area (Å²) in [6, 6.07) is 9.11. The topological polar surface area (TPSA) is 148 Å². The van der Waals surface area contributed by atoms with Gasteiger partial charge in [-0.05, 0) is 40.2 Å². The second kappa shape index (κ2) is 12.3. The summed E-state index contributed by atoms with van der Waals surface area (Å²) in [6.07, 6.45) is -5.08. The number of carboxylic acid groups (broad SMARTS) is 2. The molecule has 4 N–H and O–H groups in total. The van der Waals surface area contributed by atoms with E-state index in [2.05, 4.69) is 0 Å². The average molecular weight is 581 g/mol. The van der Waals surface area contributed by atoms with Crippen molar-refractivity contribution in [2.45, 2.75) is 71.7 Å². The molecule has 0 bridgehead atoms. The molecule has 0 saturated carbocycles. The minimum atomic E-state index is -5.08. The summed E-state index contributed by atoms with van der Waals surface area (Å²) in [5, 5.41) is 35.4. The van der Waals surface area contributed by atoms with Gasteiger partial charge < -0.3 is 25.0 Å². The molecule has 41 heavy (non-hydrogen) atoms. The van der Waals surface area contributed by atoms with Crippen LogP contribution in [-0.4, -0.2) is 63.1 Å². The minimum Gasteiger partial charge on any atom is -0.507 e. The molecule has 2 aromatic carbocycles. The quantitative estimate of drug-likeness (QED) is 0.325. The third-order valence-corrected chi connectivity index (χ3v) is 6.23. The molecular weight excluding hydrogens is 545 g/mol. The molecule has 0 atom stereocenters. The molecule has 1 heterocycles. The number of alkyl halides is 3. The maximum atomic E-state index is 13.3. The maximum Gasteiger partial charge on any atom is 0.490 e. The van der Waals surface area contributed by atoms with Gasteiger partial charge in [0.1, 0.15) is 18.2 Å². The lowest BCUT2D eigenvalue weighted by molar-refractivity contribution is -0.192. The molecule has 2 aromatic rings. The van der Waals surface area contributed by atoms with E-state index in [-0.39, 0.29) is 48.0 Å². The zero-order valence-corrected chi connectivity index (χ0v) is 23.8. The van der Waals surface area contributed by atoms with Crippen LogP contribution in [0.4, 0.5) is 13.2 Å². The van der Waals surface area contributed by atoms with Crippen molar-refractivity contribution in [3.63, 3.8) is 0 Å². The number of rotatable bonds is 7. The fourth-order valence-electron chi connectivity index (χ4n) is 4.12. The molecule has 0 saturated heterocycles. The number of carbonyl (C=O) groups is 3. The number of benzene rings is 2. The first-order chi connectivity index (χ1) is 18.6. The van der Waals surface area contributed by atoms with Crippen LogP contribution in [0.25, 0.3) is 0 Å². The van der Waals surface area contributed by atoms with Gasteiger partial charge >= 0.3 is 18.1 Å². The second-order valence-electron chi connectivity index (χ2n) is 11.7. The lowest BCUT2D eigenvalue weighted by Crippen LogP contribution is -2.30. The smallest absolute Gasteiger partial charge is 0.490 e. The van der Waals surface area contributed by atoms with Crippen molar-refractivity contribution in [3.05, 3.63) is 63.7 Å². The van der Waals surface area contributed by atoms with Crippen molar-refractivity contribution >= 4 is 23.6 Å². The SMILES string of the molecule is CC(C)(C)c1cc(C(=O)CN2Cc3ccc(COCC(=O)O)cc3C2=N)cc(C(C)(C)C)c1O.O=C(O)C(F)(F)F. The van der Waals surface area contributed by atoms with E-state index in [1.54, 1.807) is 17.0 Å². The Morgan fingerprint density at radius 2 is 1.46 bits per heavy atom. The number of phenolic OH excluding ortho intramolecular Hbond substituents is 1. The lowest BCUT2D eigenvalue weighted by atomic mass is 9.78. The number of fused-ring (bicyclic) bond motifs is 1. The Hall–Kier alpha value is -3.93. The summed E-state index contributed by atoms with van der Waals surface area (Å²) in [6.45, 7) is 12.3. The molecule has 9 nitrogen and oxygen atoms in total. The molecule has 0 unspecified atom stereocenters. The van der Waals surface area contributed by atoms with E-state index < -0.39 is 18.1 Å². The van der Waals surface area contributed by atoms with Gasteiger partial charge in [0, 0.05) is 28.8 Å². The summed E-state index contributed by atoms with van der Waals surface area (Å²) in [5.74, 6) is -3.41. The molecule has 0 fully saturated rings. The minimum absolute atomic E-state index is 0.0519. The summed E-state index contributed by atoms with van der Waals surface area (Å²) < 4.78 is 36.9. The number of Topliss-reactive ketones (excluding diaryl/α,β-unsaturated/α-hetero) is 1. The fourth-order valence-corrected chi connectivity index (χ4v) is 4.12. The summed E-state index contributed by atoms with van der Waals surface area (Å²) in [7, 11) is 0. The molecule has 3 rings (SSSR count). The van der Waals surface area contributed by atoms with Crippen LogP contribution >= 0.6 is 0 Å². The number of aromatic hydroxyl groups is 1. The first-order valence-electron chi connectivity index (χ1n) is 12.6. The highest BCUT2D eigenvalue weighted by Gasteiger charge is 2.38. The predicted molar refractivity (Wildman–Crippen MR) is 145 cm³/mol. The fraction of sp³-hybridized carbons (Fsp3) is 0.448. The van der Waals surface area contributed by atoms with E-state index >= 15 is 0 Å². The molecule has 1 aliphatic heterocycles. The van der Waals surface area contributed by atoms with Gasteiger partial charge in [0.05, 0.1) is 13.2 Å². The van der Waals surface area contributed by atoms with Crippen molar-refractivity contribution in [2.24, 2.45) is 0 Å². The first kappa shape index (κ1) is 33.3. The van der Waals surface area contributed by atoms with Crippen LogP contribution in [0, 0.1) is 5.41 Å². The number of ketones is 1. The van der Waals surface area contributed by atoms with Crippen LogP contribution in [0.1, 0.15) is 79.7 Å². The van der Waals surface area contributed by atoms with Gasteiger partial charge in [-0.2, -0.15) is 13.2 Å². The average Bonchev–Trinajstić information content (AvgIpc) is 3.11. The monoisotopic (exact) mass is 580 g/mol. The largest absolute Gasteiger partial charge is 0.507 e. The predicted octanol–water partition coefficient (Wildman–Crippen LogP) is 5.25. The molecule has 0 aromatic heterocycles. The Balaban J connectivity index is 0.000000745. The Morgan fingerprint density at radius 3 is 1.90 bits per heavy atom. The van der Waals surface area contributed by atoms with Gasteiger partial charge in [0.2, 0.25) is 0 Å². The highest BCUT2D eigenvalue weighted by Crippen LogP contribution is 2.40. The zero-order valence-electron chi connectivity index (χ0n) is 23.8. The van der Waals surface area contributed by atoms with Crippen LogP contribution in [0.3, 0.4) is 0 Å². The number of phenols is 1. The van der Waals surface area contributed by atoms with Gasteiger partial charge in [-0.1, -0.05) is 53.7 Å². The Bertz CT molecular complexity index is 1300. The number of carbonyl (C=O) groups excluding carboxylic acids is 1. The van der Waals surface area contributed by atoms with Crippen LogP contribution in [0.2, 0.25) is 0 Å². The number of nitrogens with zero attached hydrogens (tertiary/aromatic N) is 1. The molecule has 0 radical (unpaired) electrons. The summed E-state index contributed by atoms with van der Waals surface area (Å²) >= 11 is 0. The van der Waals surface area contributed by atoms with Crippen molar-refractivity contribution in [2.75, 3.05) is 13.2 Å². The highest BCUT2D eigenvalue weighted by atomic mass is 19.4. The molecule has 0 amide bonds. The lowest BCUT2D eigenvalue weighted by Gasteiger charge is -2.28. The molecule has 12 heteroatoms. The molecule has 0 spiro atoms. The van der Waals surface area contributed by atoms with Crippen molar-refractivity contribution < 1.29 is 47.6 Å². The zero-order chi connectivity index (χ0) is 31.5. The van der Waals surface area contributed by atoms with Gasteiger partial charge in [-0.15, -0.1) is 0 Å². The normalized spacial score (nSPS) is 13.4.